The molecule has 0 heterocycles. The van der Waals surface area contributed by atoms with Gasteiger partial charge in [0.2, 0.25) is 0 Å². The molecule has 5 heteroatoms. The highest BCUT2D eigenvalue weighted by Crippen LogP contribution is 2.19. The van der Waals surface area contributed by atoms with E-state index in [1.807, 2.05) is 56.3 Å². The number of ether oxygens (including phenoxy) is 2. The molecule has 5 nitrogen and oxygen atoms in total. The summed E-state index contributed by atoms with van der Waals surface area (Å²) >= 11 is 0. The Kier molecular flexibility index (Phi) is 7.41. The van der Waals surface area contributed by atoms with Crippen molar-refractivity contribution in [2.45, 2.75) is 46.3 Å². The van der Waals surface area contributed by atoms with Crippen LogP contribution in [0.4, 0.5) is 0 Å². The summed E-state index contributed by atoms with van der Waals surface area (Å²) in [7, 11) is 0. The van der Waals surface area contributed by atoms with Gasteiger partial charge in [-0.15, -0.1) is 0 Å². The number of amides is 1. The van der Waals surface area contributed by atoms with Crippen LogP contribution in [0.25, 0.3) is 0 Å². The summed E-state index contributed by atoms with van der Waals surface area (Å²) in [5.41, 5.74) is 3.02. The zero-order valence-corrected chi connectivity index (χ0v) is 16.3. The van der Waals surface area contributed by atoms with Crippen molar-refractivity contribution in [3.63, 3.8) is 0 Å². The van der Waals surface area contributed by atoms with Gasteiger partial charge in [-0.2, -0.15) is 0 Å². The smallest absolute Gasteiger partial charge is 0.308 e. The number of benzene rings is 2. The molecule has 0 aliphatic heterocycles. The Morgan fingerprint density at radius 3 is 2.33 bits per heavy atom. The largest absolute Gasteiger partial charge is 0.484 e. The lowest BCUT2D eigenvalue weighted by Gasteiger charge is -2.20. The Labute approximate surface area is 160 Å². The Morgan fingerprint density at radius 1 is 1.00 bits per heavy atom. The van der Waals surface area contributed by atoms with Crippen LogP contribution in [0.5, 0.6) is 5.75 Å². The average Bonchev–Trinajstić information content (AvgIpc) is 2.59. The van der Waals surface area contributed by atoms with Crippen LogP contribution < -0.4 is 10.1 Å². The van der Waals surface area contributed by atoms with E-state index >= 15 is 0 Å². The first kappa shape index (κ1) is 20.5. The molecule has 144 valence electrons. The average molecular weight is 369 g/mol. The normalized spacial score (nSPS) is 11.7. The van der Waals surface area contributed by atoms with Crippen molar-refractivity contribution in [2.24, 2.45) is 0 Å². The highest BCUT2D eigenvalue weighted by Gasteiger charge is 2.20. The van der Waals surface area contributed by atoms with Gasteiger partial charge in [0.1, 0.15) is 5.75 Å². The monoisotopic (exact) mass is 369 g/mol. The molecule has 1 amide bonds. The van der Waals surface area contributed by atoms with Crippen LogP contribution in [-0.2, 0) is 14.3 Å². The van der Waals surface area contributed by atoms with E-state index in [1.54, 1.807) is 19.9 Å². The van der Waals surface area contributed by atoms with Crippen LogP contribution in [0, 0.1) is 13.8 Å². The van der Waals surface area contributed by atoms with E-state index in [4.69, 9.17) is 9.47 Å². The summed E-state index contributed by atoms with van der Waals surface area (Å²) in [6.07, 6.45) is -0.131. The molecular formula is C22H27NO4. The quantitative estimate of drug-likeness (QED) is 0.717. The Balaban J connectivity index is 2.02. The van der Waals surface area contributed by atoms with E-state index < -0.39 is 6.04 Å². The number of nitrogens with one attached hydrogen (secondary N) is 1. The topological polar surface area (TPSA) is 64.6 Å². The summed E-state index contributed by atoms with van der Waals surface area (Å²) < 4.78 is 10.8. The molecule has 0 aromatic heterocycles. The van der Waals surface area contributed by atoms with Crippen LogP contribution in [-0.4, -0.2) is 24.6 Å². The second kappa shape index (κ2) is 9.76. The Hall–Kier alpha value is -2.82. The molecule has 2 aromatic carbocycles. The zero-order valence-electron chi connectivity index (χ0n) is 16.3. The molecule has 1 atom stereocenters. The van der Waals surface area contributed by atoms with Gasteiger partial charge in [-0.05, 0) is 51.0 Å². The first-order chi connectivity index (χ1) is 12.8. The minimum atomic E-state index is -0.467. The molecule has 0 spiro atoms. The second-order valence-corrected chi connectivity index (χ2v) is 6.88. The lowest BCUT2D eigenvalue weighted by atomic mass is 10.0. The van der Waals surface area contributed by atoms with Crippen LogP contribution in [0.15, 0.2) is 48.5 Å². The summed E-state index contributed by atoms with van der Waals surface area (Å²) in [5.74, 6) is -0.00819. The summed E-state index contributed by atoms with van der Waals surface area (Å²) in [6, 6.07) is 14.7. The highest BCUT2D eigenvalue weighted by molar-refractivity contribution is 5.79. The summed E-state index contributed by atoms with van der Waals surface area (Å²) in [6.45, 7) is 7.42. The van der Waals surface area contributed by atoms with E-state index in [-0.39, 0.29) is 31.0 Å². The van der Waals surface area contributed by atoms with E-state index in [9.17, 15) is 9.59 Å². The van der Waals surface area contributed by atoms with Gasteiger partial charge >= 0.3 is 5.97 Å². The number of esters is 1. The predicted molar refractivity (Wildman–Crippen MR) is 105 cm³/mol. The predicted octanol–water partition coefficient (Wildman–Crippen LogP) is 3.88. The van der Waals surface area contributed by atoms with Gasteiger partial charge in [0.15, 0.2) is 6.61 Å². The van der Waals surface area contributed by atoms with Gasteiger partial charge in [0.05, 0.1) is 18.6 Å². The minimum absolute atomic E-state index is 0.0669. The molecule has 0 saturated heterocycles. The third kappa shape index (κ3) is 7.13. The maximum Gasteiger partial charge on any atom is 0.308 e. The molecule has 2 rings (SSSR count). The Bertz CT molecular complexity index is 768. The van der Waals surface area contributed by atoms with Crippen molar-refractivity contribution in [1.82, 2.24) is 5.32 Å². The van der Waals surface area contributed by atoms with Gasteiger partial charge in [-0.25, -0.2) is 0 Å². The molecule has 0 aliphatic rings. The minimum Gasteiger partial charge on any atom is -0.484 e. The lowest BCUT2D eigenvalue weighted by molar-refractivity contribution is -0.148. The SMILES string of the molecule is Cc1ccc(C(CC(=O)OC(C)C)NC(=O)COc2cccc(C)c2)cc1. The number of carbonyl (C=O) groups is 2. The Morgan fingerprint density at radius 2 is 1.70 bits per heavy atom. The van der Waals surface area contributed by atoms with E-state index in [0.717, 1.165) is 16.7 Å². The molecule has 0 aliphatic carbocycles. The first-order valence-corrected chi connectivity index (χ1v) is 9.08. The van der Waals surface area contributed by atoms with Crippen molar-refractivity contribution in [3.8, 4) is 5.75 Å². The number of hydrogen-bond acceptors (Lipinski definition) is 4. The number of carbonyl (C=O) groups excluding carboxylic acids is 2. The first-order valence-electron chi connectivity index (χ1n) is 9.08. The standard InChI is InChI=1S/C22H27NO4/c1-15(2)27-22(25)13-20(18-10-8-16(3)9-11-18)23-21(24)14-26-19-7-5-6-17(4)12-19/h5-12,15,20H,13-14H2,1-4H3,(H,23,24). The third-order valence-electron chi connectivity index (χ3n) is 3.91. The molecule has 0 fully saturated rings. The van der Waals surface area contributed by atoms with Crippen LogP contribution in [0.3, 0.4) is 0 Å². The fraction of sp³-hybridized carbons (Fsp3) is 0.364. The maximum absolute atomic E-state index is 12.4. The zero-order chi connectivity index (χ0) is 19.8. The van der Waals surface area contributed by atoms with Crippen LogP contribution in [0.2, 0.25) is 0 Å². The van der Waals surface area contributed by atoms with Gasteiger partial charge in [-0.1, -0.05) is 42.0 Å². The van der Waals surface area contributed by atoms with Gasteiger partial charge in [0, 0.05) is 0 Å². The highest BCUT2D eigenvalue weighted by atomic mass is 16.5. The molecule has 1 N–H and O–H groups in total. The molecule has 0 radical (unpaired) electrons. The molecule has 27 heavy (non-hydrogen) atoms. The fourth-order valence-electron chi connectivity index (χ4n) is 2.62. The van der Waals surface area contributed by atoms with E-state index in [1.165, 1.54) is 0 Å². The second-order valence-electron chi connectivity index (χ2n) is 6.88. The fourth-order valence-corrected chi connectivity index (χ4v) is 2.62. The van der Waals surface area contributed by atoms with Gasteiger partial charge < -0.3 is 14.8 Å². The molecule has 0 saturated carbocycles. The summed E-state index contributed by atoms with van der Waals surface area (Å²) in [4.78, 5) is 24.5. The number of hydrogen-bond donors (Lipinski definition) is 1. The van der Waals surface area contributed by atoms with Crippen LogP contribution >= 0.6 is 0 Å². The third-order valence-corrected chi connectivity index (χ3v) is 3.91. The van der Waals surface area contributed by atoms with Crippen molar-refractivity contribution in [2.75, 3.05) is 6.61 Å². The molecule has 1 unspecified atom stereocenters. The van der Waals surface area contributed by atoms with E-state index in [0.29, 0.717) is 5.75 Å². The maximum atomic E-state index is 12.4. The van der Waals surface area contributed by atoms with Gasteiger partial charge in [-0.3, -0.25) is 9.59 Å². The van der Waals surface area contributed by atoms with Crippen molar-refractivity contribution < 1.29 is 19.1 Å². The summed E-state index contributed by atoms with van der Waals surface area (Å²) in [5, 5.41) is 2.88. The van der Waals surface area contributed by atoms with Crippen molar-refractivity contribution >= 4 is 11.9 Å². The van der Waals surface area contributed by atoms with Crippen molar-refractivity contribution in [1.29, 1.82) is 0 Å². The molecule has 2 aromatic rings. The molecule has 0 bridgehead atoms. The van der Waals surface area contributed by atoms with Crippen LogP contribution in [0.1, 0.15) is 43.0 Å². The molecular weight excluding hydrogens is 342 g/mol. The lowest BCUT2D eigenvalue weighted by Crippen LogP contribution is -2.34. The number of rotatable bonds is 8. The van der Waals surface area contributed by atoms with Crippen molar-refractivity contribution in [3.05, 3.63) is 65.2 Å². The van der Waals surface area contributed by atoms with E-state index in [2.05, 4.69) is 5.32 Å². The van der Waals surface area contributed by atoms with Gasteiger partial charge in [0.25, 0.3) is 5.91 Å². The number of aryl methyl sites for hydroxylation is 2.